The van der Waals surface area contributed by atoms with Gasteiger partial charge in [0.25, 0.3) is 0 Å². The van der Waals surface area contributed by atoms with Gasteiger partial charge in [-0.1, -0.05) is 29.8 Å². The first-order chi connectivity index (χ1) is 15.6. The Hall–Kier alpha value is -2.71. The van der Waals surface area contributed by atoms with Crippen molar-refractivity contribution in [3.63, 3.8) is 0 Å². The lowest BCUT2D eigenvalue weighted by molar-refractivity contribution is -0.129. The molecule has 0 unspecified atom stereocenters. The number of nitrogens with one attached hydrogen (secondary N) is 1. The lowest BCUT2D eigenvalue weighted by atomic mass is 9.97. The summed E-state index contributed by atoms with van der Waals surface area (Å²) in [5.41, 5.74) is 3.39. The fourth-order valence-electron chi connectivity index (χ4n) is 4.24. The van der Waals surface area contributed by atoms with E-state index in [0.29, 0.717) is 49.6 Å². The zero-order chi connectivity index (χ0) is 24.2. The molecule has 2 aromatic rings. The Balaban J connectivity index is 1.61. The van der Waals surface area contributed by atoms with E-state index in [-0.39, 0.29) is 17.7 Å². The maximum atomic E-state index is 13.1. The second-order valence-electron chi connectivity index (χ2n) is 8.67. The standard InChI is InChI=1S/C25H33N3O4S/c1-5-27(20(4)29)17-21-7-6-8-23(16-21)26-25(30)22-11-13-28(14-12-22)33(31,32)24-10-9-18(2)15-19(24)3/h6-10,15-16,22H,5,11-14,17H2,1-4H3,(H,26,30). The van der Waals surface area contributed by atoms with Crippen LogP contribution in [0.15, 0.2) is 47.4 Å². The van der Waals surface area contributed by atoms with E-state index in [1.54, 1.807) is 17.9 Å². The molecule has 178 valence electrons. The van der Waals surface area contributed by atoms with Crippen molar-refractivity contribution in [3.8, 4) is 0 Å². The zero-order valence-corrected chi connectivity index (χ0v) is 20.6. The SMILES string of the molecule is CCN(Cc1cccc(NC(=O)C2CCN(S(=O)(=O)c3ccc(C)cc3C)CC2)c1)C(C)=O. The average Bonchev–Trinajstić information content (AvgIpc) is 2.77. The van der Waals surface area contributed by atoms with Gasteiger partial charge in [0.15, 0.2) is 0 Å². The van der Waals surface area contributed by atoms with Crippen LogP contribution in [0.25, 0.3) is 0 Å². The Morgan fingerprint density at radius 2 is 1.79 bits per heavy atom. The van der Waals surface area contributed by atoms with Crippen molar-refractivity contribution in [2.24, 2.45) is 5.92 Å². The summed E-state index contributed by atoms with van der Waals surface area (Å²) in [4.78, 5) is 26.6. The Morgan fingerprint density at radius 1 is 1.09 bits per heavy atom. The fourth-order valence-corrected chi connectivity index (χ4v) is 5.92. The largest absolute Gasteiger partial charge is 0.339 e. The van der Waals surface area contributed by atoms with Crippen molar-refractivity contribution < 1.29 is 18.0 Å². The summed E-state index contributed by atoms with van der Waals surface area (Å²) >= 11 is 0. The first kappa shape index (κ1) is 24.9. The van der Waals surface area contributed by atoms with Crippen molar-refractivity contribution in [1.29, 1.82) is 0 Å². The number of rotatable bonds is 7. The molecule has 2 amide bonds. The minimum absolute atomic E-state index is 0.00878. The molecular weight excluding hydrogens is 438 g/mol. The molecule has 0 bridgehead atoms. The second-order valence-corrected chi connectivity index (χ2v) is 10.6. The monoisotopic (exact) mass is 471 g/mol. The summed E-state index contributed by atoms with van der Waals surface area (Å²) in [6.07, 6.45) is 0.952. The van der Waals surface area contributed by atoms with Gasteiger partial charge in [0.2, 0.25) is 21.8 Å². The summed E-state index contributed by atoms with van der Waals surface area (Å²) in [5.74, 6) is -0.340. The number of aryl methyl sites for hydroxylation is 2. The van der Waals surface area contributed by atoms with Crippen LogP contribution in [0, 0.1) is 19.8 Å². The van der Waals surface area contributed by atoms with Crippen LogP contribution in [0.2, 0.25) is 0 Å². The molecule has 0 spiro atoms. The van der Waals surface area contributed by atoms with Gasteiger partial charge in [-0.2, -0.15) is 4.31 Å². The number of piperidine rings is 1. The number of carbonyl (C=O) groups is 2. The first-order valence-corrected chi connectivity index (χ1v) is 12.8. The number of sulfonamides is 1. The highest BCUT2D eigenvalue weighted by atomic mass is 32.2. The molecule has 8 heteroatoms. The summed E-state index contributed by atoms with van der Waals surface area (Å²) in [7, 11) is -3.57. The van der Waals surface area contributed by atoms with Gasteiger partial charge in [-0.15, -0.1) is 0 Å². The Bertz CT molecular complexity index is 1120. The van der Waals surface area contributed by atoms with E-state index in [9.17, 15) is 18.0 Å². The lowest BCUT2D eigenvalue weighted by Crippen LogP contribution is -2.41. The fraction of sp³-hybridized carbons (Fsp3) is 0.440. The Morgan fingerprint density at radius 3 is 2.39 bits per heavy atom. The van der Waals surface area contributed by atoms with E-state index >= 15 is 0 Å². The van der Waals surface area contributed by atoms with E-state index in [1.165, 1.54) is 4.31 Å². The van der Waals surface area contributed by atoms with Crippen LogP contribution in [-0.4, -0.2) is 49.1 Å². The number of amides is 2. The van der Waals surface area contributed by atoms with Gasteiger partial charge >= 0.3 is 0 Å². The van der Waals surface area contributed by atoms with Gasteiger partial charge in [0, 0.05) is 44.7 Å². The molecule has 1 aliphatic rings. The molecule has 33 heavy (non-hydrogen) atoms. The third-order valence-corrected chi connectivity index (χ3v) is 8.23. The van der Waals surface area contributed by atoms with Crippen LogP contribution in [0.4, 0.5) is 5.69 Å². The van der Waals surface area contributed by atoms with Gasteiger partial charge in [-0.3, -0.25) is 9.59 Å². The van der Waals surface area contributed by atoms with Gasteiger partial charge in [-0.05, 0) is 62.9 Å². The molecule has 0 atom stereocenters. The summed E-state index contributed by atoms with van der Waals surface area (Å²) < 4.78 is 27.6. The van der Waals surface area contributed by atoms with Crippen LogP contribution in [-0.2, 0) is 26.2 Å². The summed E-state index contributed by atoms with van der Waals surface area (Å²) in [6.45, 7) is 8.97. The highest BCUT2D eigenvalue weighted by Crippen LogP contribution is 2.27. The minimum atomic E-state index is -3.57. The highest BCUT2D eigenvalue weighted by Gasteiger charge is 2.32. The van der Waals surface area contributed by atoms with Gasteiger partial charge in [0.1, 0.15) is 0 Å². The van der Waals surface area contributed by atoms with Crippen LogP contribution in [0.3, 0.4) is 0 Å². The number of anilines is 1. The van der Waals surface area contributed by atoms with Crippen molar-refractivity contribution in [3.05, 3.63) is 59.2 Å². The molecule has 1 heterocycles. The van der Waals surface area contributed by atoms with E-state index in [2.05, 4.69) is 5.32 Å². The van der Waals surface area contributed by atoms with Crippen molar-refractivity contribution in [2.75, 3.05) is 25.0 Å². The molecule has 1 fully saturated rings. The molecule has 0 aromatic heterocycles. The normalized spacial score (nSPS) is 15.3. The van der Waals surface area contributed by atoms with E-state index in [4.69, 9.17) is 0 Å². The third kappa shape index (κ3) is 6.00. The first-order valence-electron chi connectivity index (χ1n) is 11.3. The number of nitrogens with zero attached hydrogens (tertiary/aromatic N) is 2. The molecular formula is C25H33N3O4S. The molecule has 3 rings (SSSR count). The lowest BCUT2D eigenvalue weighted by Gasteiger charge is -2.31. The zero-order valence-electron chi connectivity index (χ0n) is 19.8. The number of hydrogen-bond acceptors (Lipinski definition) is 4. The molecule has 1 aliphatic heterocycles. The van der Waals surface area contributed by atoms with Crippen LogP contribution in [0.1, 0.15) is 43.4 Å². The predicted octanol–water partition coefficient (Wildman–Crippen LogP) is 3.71. The van der Waals surface area contributed by atoms with Gasteiger partial charge in [-0.25, -0.2) is 8.42 Å². The van der Waals surface area contributed by atoms with E-state index in [1.807, 2.05) is 57.2 Å². The summed E-state index contributed by atoms with van der Waals surface area (Å²) in [5, 5.41) is 2.96. The maximum Gasteiger partial charge on any atom is 0.243 e. The molecule has 0 radical (unpaired) electrons. The smallest absolute Gasteiger partial charge is 0.243 e. The summed E-state index contributed by atoms with van der Waals surface area (Å²) in [6, 6.07) is 12.8. The van der Waals surface area contributed by atoms with Gasteiger partial charge < -0.3 is 10.2 Å². The van der Waals surface area contributed by atoms with Crippen LogP contribution < -0.4 is 5.32 Å². The molecule has 1 N–H and O–H groups in total. The predicted molar refractivity (Wildman–Crippen MR) is 129 cm³/mol. The Kier molecular flexibility index (Phi) is 7.92. The number of benzene rings is 2. The molecule has 2 aromatic carbocycles. The minimum Gasteiger partial charge on any atom is -0.339 e. The topological polar surface area (TPSA) is 86.8 Å². The number of hydrogen-bond donors (Lipinski definition) is 1. The molecule has 0 saturated carbocycles. The van der Waals surface area contributed by atoms with E-state index in [0.717, 1.165) is 16.7 Å². The average molecular weight is 472 g/mol. The molecule has 7 nitrogen and oxygen atoms in total. The number of carbonyl (C=O) groups excluding carboxylic acids is 2. The molecule has 0 aliphatic carbocycles. The Labute approximate surface area is 196 Å². The van der Waals surface area contributed by atoms with Gasteiger partial charge in [0.05, 0.1) is 4.90 Å². The van der Waals surface area contributed by atoms with Crippen LogP contribution in [0.5, 0.6) is 0 Å². The van der Waals surface area contributed by atoms with Crippen LogP contribution >= 0.6 is 0 Å². The molecule has 1 saturated heterocycles. The third-order valence-electron chi connectivity index (χ3n) is 6.17. The highest BCUT2D eigenvalue weighted by molar-refractivity contribution is 7.89. The quantitative estimate of drug-likeness (QED) is 0.667. The second kappa shape index (κ2) is 10.5. The van der Waals surface area contributed by atoms with E-state index < -0.39 is 10.0 Å². The van der Waals surface area contributed by atoms with Crippen molar-refractivity contribution in [1.82, 2.24) is 9.21 Å². The van der Waals surface area contributed by atoms with Crippen molar-refractivity contribution >= 4 is 27.5 Å². The van der Waals surface area contributed by atoms with Crippen molar-refractivity contribution in [2.45, 2.75) is 52.0 Å². The maximum absolute atomic E-state index is 13.1.